The van der Waals surface area contributed by atoms with Crippen LogP contribution in [0.15, 0.2) is 48.5 Å². The molecular weight excluding hydrogens is 343 g/mol. The van der Waals surface area contributed by atoms with E-state index in [-0.39, 0.29) is 17.5 Å². The van der Waals surface area contributed by atoms with Gasteiger partial charge in [-0.15, -0.1) is 0 Å². The number of hydrogen-bond donors (Lipinski definition) is 2. The SMILES string of the molecule is CNS(=O)(=O)Cc1ccc(CNC(=O)CCc2ccc(F)cc2)cc1. The summed E-state index contributed by atoms with van der Waals surface area (Å²) in [7, 11) is -1.91. The van der Waals surface area contributed by atoms with Crippen LogP contribution in [0.4, 0.5) is 4.39 Å². The van der Waals surface area contributed by atoms with Gasteiger partial charge in [0.25, 0.3) is 0 Å². The molecule has 25 heavy (non-hydrogen) atoms. The first-order chi connectivity index (χ1) is 11.9. The van der Waals surface area contributed by atoms with E-state index in [0.29, 0.717) is 24.9 Å². The molecular formula is C18H21FN2O3S. The van der Waals surface area contributed by atoms with Gasteiger partial charge in [0.15, 0.2) is 0 Å². The van der Waals surface area contributed by atoms with E-state index in [0.717, 1.165) is 11.1 Å². The zero-order valence-electron chi connectivity index (χ0n) is 14.0. The van der Waals surface area contributed by atoms with Crippen LogP contribution in [0.25, 0.3) is 0 Å². The lowest BCUT2D eigenvalue weighted by Gasteiger charge is -2.07. The van der Waals surface area contributed by atoms with Gasteiger partial charge in [-0.2, -0.15) is 0 Å². The number of carbonyl (C=O) groups is 1. The monoisotopic (exact) mass is 364 g/mol. The van der Waals surface area contributed by atoms with Gasteiger partial charge >= 0.3 is 0 Å². The van der Waals surface area contributed by atoms with Crippen molar-refractivity contribution >= 4 is 15.9 Å². The van der Waals surface area contributed by atoms with Crippen LogP contribution in [0.1, 0.15) is 23.1 Å². The predicted octanol–water partition coefficient (Wildman–Crippen LogP) is 2.12. The van der Waals surface area contributed by atoms with Crippen molar-refractivity contribution in [3.63, 3.8) is 0 Å². The number of aryl methyl sites for hydroxylation is 1. The van der Waals surface area contributed by atoms with E-state index in [4.69, 9.17) is 0 Å². The zero-order valence-corrected chi connectivity index (χ0v) is 14.8. The normalized spacial score (nSPS) is 11.3. The van der Waals surface area contributed by atoms with Gasteiger partial charge in [0.1, 0.15) is 5.82 Å². The number of benzene rings is 2. The Hall–Kier alpha value is -2.25. The summed E-state index contributed by atoms with van der Waals surface area (Å²) in [5.41, 5.74) is 2.48. The second-order valence-electron chi connectivity index (χ2n) is 5.68. The van der Waals surface area contributed by atoms with Crippen LogP contribution in [0.5, 0.6) is 0 Å². The van der Waals surface area contributed by atoms with Crippen molar-refractivity contribution in [2.24, 2.45) is 0 Å². The van der Waals surface area contributed by atoms with E-state index in [1.165, 1.54) is 19.2 Å². The number of sulfonamides is 1. The molecule has 0 bridgehead atoms. The minimum atomic E-state index is -3.29. The summed E-state index contributed by atoms with van der Waals surface area (Å²) in [6, 6.07) is 13.1. The Kier molecular flexibility index (Phi) is 6.66. The summed E-state index contributed by atoms with van der Waals surface area (Å²) in [5.74, 6) is -0.460. The highest BCUT2D eigenvalue weighted by Gasteiger charge is 2.08. The molecule has 2 N–H and O–H groups in total. The topological polar surface area (TPSA) is 75.3 Å². The smallest absolute Gasteiger partial charge is 0.220 e. The van der Waals surface area contributed by atoms with E-state index >= 15 is 0 Å². The van der Waals surface area contributed by atoms with E-state index in [2.05, 4.69) is 10.0 Å². The van der Waals surface area contributed by atoms with Crippen molar-refractivity contribution in [1.82, 2.24) is 10.0 Å². The van der Waals surface area contributed by atoms with Crippen molar-refractivity contribution in [2.75, 3.05) is 7.05 Å². The first-order valence-electron chi connectivity index (χ1n) is 7.88. The second kappa shape index (κ2) is 8.73. The number of hydrogen-bond acceptors (Lipinski definition) is 3. The lowest BCUT2D eigenvalue weighted by atomic mass is 10.1. The molecule has 0 spiro atoms. The van der Waals surface area contributed by atoms with Crippen LogP contribution in [0.3, 0.4) is 0 Å². The average Bonchev–Trinajstić information content (AvgIpc) is 2.60. The Balaban J connectivity index is 1.78. The van der Waals surface area contributed by atoms with Crippen molar-refractivity contribution in [3.8, 4) is 0 Å². The highest BCUT2D eigenvalue weighted by Crippen LogP contribution is 2.08. The number of halogens is 1. The third-order valence-electron chi connectivity index (χ3n) is 3.73. The first kappa shape index (κ1) is 19.1. The van der Waals surface area contributed by atoms with Crippen molar-refractivity contribution in [1.29, 1.82) is 0 Å². The lowest BCUT2D eigenvalue weighted by molar-refractivity contribution is -0.121. The van der Waals surface area contributed by atoms with Crippen LogP contribution in [-0.4, -0.2) is 21.4 Å². The van der Waals surface area contributed by atoms with Crippen LogP contribution in [0.2, 0.25) is 0 Å². The van der Waals surface area contributed by atoms with Gasteiger partial charge in [0.05, 0.1) is 5.75 Å². The maximum Gasteiger partial charge on any atom is 0.220 e. The molecule has 0 unspecified atom stereocenters. The maximum absolute atomic E-state index is 12.8. The molecule has 2 aromatic carbocycles. The lowest BCUT2D eigenvalue weighted by Crippen LogP contribution is -2.23. The molecule has 0 aliphatic carbocycles. The van der Waals surface area contributed by atoms with Gasteiger partial charge < -0.3 is 5.32 Å². The molecule has 0 saturated carbocycles. The quantitative estimate of drug-likeness (QED) is 0.753. The minimum absolute atomic E-state index is 0.0756. The molecule has 0 radical (unpaired) electrons. The summed E-state index contributed by atoms with van der Waals surface area (Å²) in [4.78, 5) is 11.9. The molecule has 5 nitrogen and oxygen atoms in total. The Morgan fingerprint density at radius 3 is 2.12 bits per heavy atom. The molecule has 0 atom stereocenters. The van der Waals surface area contributed by atoms with E-state index < -0.39 is 10.0 Å². The van der Waals surface area contributed by atoms with Gasteiger partial charge in [-0.05, 0) is 42.3 Å². The molecule has 2 aromatic rings. The van der Waals surface area contributed by atoms with E-state index in [9.17, 15) is 17.6 Å². The fourth-order valence-electron chi connectivity index (χ4n) is 2.24. The van der Waals surface area contributed by atoms with E-state index in [1.54, 1.807) is 36.4 Å². The third-order valence-corrected chi connectivity index (χ3v) is 5.07. The van der Waals surface area contributed by atoms with Crippen LogP contribution in [0, 0.1) is 5.82 Å². The van der Waals surface area contributed by atoms with Crippen molar-refractivity contribution < 1.29 is 17.6 Å². The Labute approximate surface area is 147 Å². The molecule has 0 aromatic heterocycles. The van der Waals surface area contributed by atoms with Gasteiger partial charge in [0.2, 0.25) is 15.9 Å². The molecule has 1 amide bonds. The Morgan fingerprint density at radius 1 is 0.960 bits per heavy atom. The average molecular weight is 364 g/mol. The highest BCUT2D eigenvalue weighted by atomic mass is 32.2. The Bertz CT molecular complexity index is 803. The van der Waals surface area contributed by atoms with E-state index in [1.807, 2.05) is 0 Å². The van der Waals surface area contributed by atoms with Crippen molar-refractivity contribution in [3.05, 3.63) is 71.0 Å². The fraction of sp³-hybridized carbons (Fsp3) is 0.278. The summed E-state index contributed by atoms with van der Waals surface area (Å²) < 4.78 is 38.1. The largest absolute Gasteiger partial charge is 0.352 e. The van der Waals surface area contributed by atoms with Crippen LogP contribution < -0.4 is 10.0 Å². The summed E-state index contributed by atoms with van der Waals surface area (Å²) in [6.45, 7) is 0.376. The summed E-state index contributed by atoms with van der Waals surface area (Å²) in [6.07, 6.45) is 0.872. The van der Waals surface area contributed by atoms with Crippen LogP contribution in [-0.2, 0) is 33.5 Å². The number of amides is 1. The first-order valence-corrected chi connectivity index (χ1v) is 9.53. The third kappa shape index (κ3) is 6.64. The molecule has 7 heteroatoms. The van der Waals surface area contributed by atoms with Crippen molar-refractivity contribution in [2.45, 2.75) is 25.1 Å². The standard InChI is InChI=1S/C18H21FN2O3S/c1-20-25(23,24)13-16-4-2-15(3-5-16)12-21-18(22)11-8-14-6-9-17(19)10-7-14/h2-7,9-10,20H,8,11-13H2,1H3,(H,21,22). The molecule has 0 aliphatic rings. The second-order valence-corrected chi connectivity index (χ2v) is 7.61. The maximum atomic E-state index is 12.8. The van der Waals surface area contributed by atoms with Gasteiger partial charge in [0, 0.05) is 13.0 Å². The van der Waals surface area contributed by atoms with Gasteiger partial charge in [-0.1, -0.05) is 36.4 Å². The fourth-order valence-corrected chi connectivity index (χ4v) is 3.02. The Morgan fingerprint density at radius 2 is 1.52 bits per heavy atom. The number of nitrogens with one attached hydrogen (secondary N) is 2. The van der Waals surface area contributed by atoms with Gasteiger partial charge in [-0.3, -0.25) is 4.79 Å². The number of rotatable bonds is 8. The summed E-state index contributed by atoms with van der Waals surface area (Å²) in [5, 5.41) is 2.82. The van der Waals surface area contributed by atoms with Crippen LogP contribution >= 0.6 is 0 Å². The molecule has 0 aliphatic heterocycles. The molecule has 0 saturated heterocycles. The highest BCUT2D eigenvalue weighted by molar-refractivity contribution is 7.88. The molecule has 134 valence electrons. The predicted molar refractivity (Wildman–Crippen MR) is 94.7 cm³/mol. The van der Waals surface area contributed by atoms with Gasteiger partial charge in [-0.25, -0.2) is 17.5 Å². The molecule has 2 rings (SSSR count). The number of carbonyl (C=O) groups excluding carboxylic acids is 1. The minimum Gasteiger partial charge on any atom is -0.352 e. The summed E-state index contributed by atoms with van der Waals surface area (Å²) >= 11 is 0. The molecule has 0 fully saturated rings. The molecule has 0 heterocycles. The zero-order chi connectivity index (χ0) is 18.3.